The van der Waals surface area contributed by atoms with Gasteiger partial charge in [0, 0.05) is 25.7 Å². The second-order valence-electron chi connectivity index (χ2n) is 7.06. The first-order valence-electron chi connectivity index (χ1n) is 8.25. The van der Waals surface area contributed by atoms with Crippen LogP contribution in [0.2, 0.25) is 0 Å². The smallest absolute Gasteiger partial charge is 0.324 e. The Morgan fingerprint density at radius 3 is 2.35 bits per heavy atom. The quantitative estimate of drug-likeness (QED) is 0.813. The van der Waals surface area contributed by atoms with E-state index in [2.05, 4.69) is 24.1 Å². The lowest BCUT2D eigenvalue weighted by Crippen LogP contribution is -2.61. The van der Waals surface area contributed by atoms with Gasteiger partial charge in [-0.25, -0.2) is 0 Å². The van der Waals surface area contributed by atoms with Crippen LogP contribution in [-0.4, -0.2) is 47.2 Å². The van der Waals surface area contributed by atoms with Crippen LogP contribution in [0, 0.1) is 5.92 Å². The van der Waals surface area contributed by atoms with Crippen molar-refractivity contribution in [1.82, 2.24) is 10.2 Å². The summed E-state index contributed by atoms with van der Waals surface area (Å²) in [5.41, 5.74) is -0.671. The van der Waals surface area contributed by atoms with E-state index in [-0.39, 0.29) is 0 Å². The van der Waals surface area contributed by atoms with Crippen LogP contribution in [0.1, 0.15) is 58.8 Å². The number of nitrogens with zero attached hydrogens (tertiary/aromatic N) is 1. The van der Waals surface area contributed by atoms with Gasteiger partial charge >= 0.3 is 5.97 Å². The summed E-state index contributed by atoms with van der Waals surface area (Å²) in [6.07, 6.45) is 7.56. The molecule has 1 aliphatic carbocycles. The first kappa shape index (κ1) is 15.8. The molecule has 0 aromatic carbocycles. The third-order valence-electron chi connectivity index (χ3n) is 4.83. The first-order valence-corrected chi connectivity index (χ1v) is 8.25. The zero-order valence-corrected chi connectivity index (χ0v) is 13.0. The van der Waals surface area contributed by atoms with Crippen molar-refractivity contribution in [2.75, 3.05) is 19.6 Å². The van der Waals surface area contributed by atoms with E-state index in [0.717, 1.165) is 45.3 Å². The standard InChI is InChI=1S/C16H30N2O2/c1-13(2)12-18-10-8-16(9-11-18,15(19)20)17-14-6-4-3-5-7-14/h13-14,17H,3-12H2,1-2H3,(H,19,20). The van der Waals surface area contributed by atoms with Crippen molar-refractivity contribution in [2.24, 2.45) is 5.92 Å². The van der Waals surface area contributed by atoms with Gasteiger partial charge in [-0.15, -0.1) is 0 Å². The Bertz CT molecular complexity index is 316. The van der Waals surface area contributed by atoms with E-state index in [1.807, 2.05) is 0 Å². The van der Waals surface area contributed by atoms with E-state index in [0.29, 0.717) is 12.0 Å². The summed E-state index contributed by atoms with van der Waals surface area (Å²) in [6.45, 7) is 7.34. The number of carboxylic acids is 1. The zero-order chi connectivity index (χ0) is 14.6. The molecule has 0 aromatic rings. The summed E-state index contributed by atoms with van der Waals surface area (Å²) in [5.74, 6) is 0.00546. The fourth-order valence-corrected chi connectivity index (χ4v) is 3.69. The number of nitrogens with one attached hydrogen (secondary N) is 1. The van der Waals surface area contributed by atoms with Crippen molar-refractivity contribution in [3.05, 3.63) is 0 Å². The maximum absolute atomic E-state index is 11.8. The van der Waals surface area contributed by atoms with Crippen molar-refractivity contribution >= 4 is 5.97 Å². The number of hydrogen-bond acceptors (Lipinski definition) is 3. The number of likely N-dealkylation sites (tertiary alicyclic amines) is 1. The lowest BCUT2D eigenvalue weighted by molar-refractivity contribution is -0.147. The molecule has 0 amide bonds. The van der Waals surface area contributed by atoms with Crippen molar-refractivity contribution < 1.29 is 9.90 Å². The molecule has 1 saturated carbocycles. The number of carboxylic acid groups (broad SMARTS) is 1. The van der Waals surface area contributed by atoms with Crippen LogP contribution >= 0.6 is 0 Å². The van der Waals surface area contributed by atoms with Gasteiger partial charge < -0.3 is 10.0 Å². The summed E-state index contributed by atoms with van der Waals surface area (Å²) in [7, 11) is 0. The molecule has 2 fully saturated rings. The molecule has 1 heterocycles. The van der Waals surface area contributed by atoms with Crippen LogP contribution < -0.4 is 5.32 Å². The number of aliphatic carboxylic acids is 1. The molecule has 1 aliphatic heterocycles. The fraction of sp³-hybridized carbons (Fsp3) is 0.938. The topological polar surface area (TPSA) is 52.6 Å². The summed E-state index contributed by atoms with van der Waals surface area (Å²) >= 11 is 0. The summed E-state index contributed by atoms with van der Waals surface area (Å²) in [4.78, 5) is 14.2. The van der Waals surface area contributed by atoms with E-state index in [9.17, 15) is 9.90 Å². The molecule has 0 unspecified atom stereocenters. The van der Waals surface area contributed by atoms with Crippen molar-refractivity contribution in [3.8, 4) is 0 Å². The van der Waals surface area contributed by atoms with Gasteiger partial charge in [0.15, 0.2) is 0 Å². The van der Waals surface area contributed by atoms with Crippen molar-refractivity contribution in [3.63, 3.8) is 0 Å². The lowest BCUT2D eigenvalue weighted by Gasteiger charge is -2.42. The summed E-state index contributed by atoms with van der Waals surface area (Å²) in [5, 5.41) is 13.2. The Morgan fingerprint density at radius 1 is 1.25 bits per heavy atom. The highest BCUT2D eigenvalue weighted by Gasteiger charge is 2.42. The molecule has 1 saturated heterocycles. The highest BCUT2D eigenvalue weighted by Crippen LogP contribution is 2.27. The third kappa shape index (κ3) is 3.95. The van der Waals surface area contributed by atoms with Gasteiger partial charge in [0.05, 0.1) is 0 Å². The number of carbonyl (C=O) groups is 1. The Balaban J connectivity index is 1.92. The maximum atomic E-state index is 11.8. The van der Waals surface area contributed by atoms with Gasteiger partial charge in [-0.2, -0.15) is 0 Å². The van der Waals surface area contributed by atoms with Crippen LogP contribution in [0.25, 0.3) is 0 Å². The molecule has 2 N–H and O–H groups in total. The number of piperidine rings is 1. The molecule has 0 aromatic heterocycles. The molecule has 0 bridgehead atoms. The van der Waals surface area contributed by atoms with Gasteiger partial charge in [-0.05, 0) is 31.6 Å². The minimum absolute atomic E-state index is 0.413. The predicted molar refractivity (Wildman–Crippen MR) is 80.9 cm³/mol. The largest absolute Gasteiger partial charge is 0.480 e. The molecule has 0 radical (unpaired) electrons. The molecule has 0 atom stereocenters. The second-order valence-corrected chi connectivity index (χ2v) is 7.06. The molecular weight excluding hydrogens is 252 g/mol. The first-order chi connectivity index (χ1) is 9.52. The zero-order valence-electron chi connectivity index (χ0n) is 13.0. The Labute approximate surface area is 122 Å². The van der Waals surface area contributed by atoms with E-state index in [1.165, 1.54) is 19.3 Å². The molecule has 2 rings (SSSR count). The molecule has 116 valence electrons. The minimum Gasteiger partial charge on any atom is -0.480 e. The van der Waals surface area contributed by atoms with Crippen LogP contribution in [0.15, 0.2) is 0 Å². The fourth-order valence-electron chi connectivity index (χ4n) is 3.69. The molecule has 4 heteroatoms. The van der Waals surface area contributed by atoms with Crippen LogP contribution in [0.3, 0.4) is 0 Å². The molecule has 0 spiro atoms. The Morgan fingerprint density at radius 2 is 1.85 bits per heavy atom. The minimum atomic E-state index is -0.671. The van der Waals surface area contributed by atoms with Crippen LogP contribution in [0.5, 0.6) is 0 Å². The van der Waals surface area contributed by atoms with Gasteiger partial charge in [-0.3, -0.25) is 10.1 Å². The van der Waals surface area contributed by atoms with Crippen LogP contribution in [-0.2, 0) is 4.79 Å². The molecule has 4 nitrogen and oxygen atoms in total. The number of rotatable bonds is 5. The van der Waals surface area contributed by atoms with E-state index >= 15 is 0 Å². The summed E-state index contributed by atoms with van der Waals surface area (Å²) < 4.78 is 0. The van der Waals surface area contributed by atoms with Gasteiger partial charge in [0.1, 0.15) is 5.54 Å². The van der Waals surface area contributed by atoms with E-state index < -0.39 is 11.5 Å². The Hall–Kier alpha value is -0.610. The Kier molecular flexibility index (Phi) is 5.44. The van der Waals surface area contributed by atoms with Gasteiger partial charge in [0.25, 0.3) is 0 Å². The normalized spacial score (nSPS) is 24.9. The number of hydrogen-bond donors (Lipinski definition) is 2. The van der Waals surface area contributed by atoms with E-state index in [4.69, 9.17) is 0 Å². The lowest BCUT2D eigenvalue weighted by atomic mass is 9.84. The van der Waals surface area contributed by atoms with Crippen molar-refractivity contribution in [2.45, 2.75) is 70.4 Å². The average Bonchev–Trinajstić information content (AvgIpc) is 2.41. The molecule has 20 heavy (non-hydrogen) atoms. The van der Waals surface area contributed by atoms with E-state index in [1.54, 1.807) is 0 Å². The molecular formula is C16H30N2O2. The maximum Gasteiger partial charge on any atom is 0.324 e. The highest BCUT2D eigenvalue weighted by atomic mass is 16.4. The highest BCUT2D eigenvalue weighted by molar-refractivity contribution is 5.79. The second kappa shape index (κ2) is 6.90. The molecule has 2 aliphatic rings. The predicted octanol–water partition coefficient (Wildman–Crippen LogP) is 2.48. The monoisotopic (exact) mass is 282 g/mol. The van der Waals surface area contributed by atoms with Crippen molar-refractivity contribution in [1.29, 1.82) is 0 Å². The summed E-state index contributed by atoms with van der Waals surface area (Å²) in [6, 6.07) is 0.413. The van der Waals surface area contributed by atoms with Gasteiger partial charge in [0.2, 0.25) is 0 Å². The van der Waals surface area contributed by atoms with Crippen LogP contribution in [0.4, 0.5) is 0 Å². The SMILES string of the molecule is CC(C)CN1CCC(NC2CCCCC2)(C(=O)O)CC1. The average molecular weight is 282 g/mol. The third-order valence-corrected chi connectivity index (χ3v) is 4.83. The van der Waals surface area contributed by atoms with Gasteiger partial charge in [-0.1, -0.05) is 33.1 Å².